The molecule has 3 aromatic rings. The van der Waals surface area contributed by atoms with Gasteiger partial charge in [-0.25, -0.2) is 4.90 Å². The highest BCUT2D eigenvalue weighted by Gasteiger charge is 2.40. The zero-order valence-corrected chi connectivity index (χ0v) is 17.1. The van der Waals surface area contributed by atoms with E-state index in [0.717, 1.165) is 10.8 Å². The third kappa shape index (κ3) is 4.16. The third-order valence-corrected chi connectivity index (χ3v) is 6.07. The molecule has 152 valence electrons. The van der Waals surface area contributed by atoms with Gasteiger partial charge in [0.2, 0.25) is 17.7 Å². The normalized spacial score (nSPS) is 16.2. The maximum Gasteiger partial charge on any atom is 0.247 e. The summed E-state index contributed by atoms with van der Waals surface area (Å²) in [7, 11) is 1.53. The Morgan fingerprint density at radius 1 is 1.07 bits per heavy atom. The zero-order chi connectivity index (χ0) is 21.1. The molecule has 0 spiro atoms. The SMILES string of the molecule is COc1cccc(N2C(=O)C[C@@H](SCC(=O)Nc3ccc4ccccc4c3)C2=O)c1. The van der Waals surface area contributed by atoms with Crippen molar-refractivity contribution in [3.63, 3.8) is 0 Å². The second-order valence-corrected chi connectivity index (χ2v) is 8.07. The van der Waals surface area contributed by atoms with Crippen LogP contribution in [0.4, 0.5) is 11.4 Å². The number of benzene rings is 3. The first kappa shape index (κ1) is 20.0. The van der Waals surface area contributed by atoms with Gasteiger partial charge in [-0.15, -0.1) is 11.8 Å². The second-order valence-electron chi connectivity index (χ2n) is 6.88. The minimum absolute atomic E-state index is 0.0734. The number of hydrogen-bond donors (Lipinski definition) is 1. The number of ether oxygens (including phenoxy) is 1. The van der Waals surface area contributed by atoms with Crippen molar-refractivity contribution in [1.82, 2.24) is 0 Å². The molecule has 0 saturated carbocycles. The van der Waals surface area contributed by atoms with Crippen LogP contribution in [0.3, 0.4) is 0 Å². The number of methoxy groups -OCH3 is 1. The number of hydrogen-bond acceptors (Lipinski definition) is 5. The van der Waals surface area contributed by atoms with Crippen molar-refractivity contribution < 1.29 is 19.1 Å². The van der Waals surface area contributed by atoms with Gasteiger partial charge >= 0.3 is 0 Å². The van der Waals surface area contributed by atoms with Gasteiger partial charge in [0, 0.05) is 18.2 Å². The van der Waals surface area contributed by atoms with Crippen LogP contribution in [0.5, 0.6) is 5.75 Å². The Hall–Kier alpha value is -3.32. The fraction of sp³-hybridized carbons (Fsp3) is 0.174. The summed E-state index contributed by atoms with van der Waals surface area (Å²) >= 11 is 1.18. The van der Waals surface area contributed by atoms with E-state index in [9.17, 15) is 14.4 Å². The summed E-state index contributed by atoms with van der Waals surface area (Å²) in [5.41, 5.74) is 1.18. The monoisotopic (exact) mass is 420 g/mol. The molecule has 3 amide bonds. The molecule has 4 rings (SSSR count). The lowest BCUT2D eigenvalue weighted by Gasteiger charge is -2.15. The topological polar surface area (TPSA) is 75.7 Å². The Balaban J connectivity index is 1.37. The van der Waals surface area contributed by atoms with E-state index in [1.165, 1.54) is 23.8 Å². The van der Waals surface area contributed by atoms with Crippen LogP contribution in [0.1, 0.15) is 6.42 Å². The number of carbonyl (C=O) groups excluding carboxylic acids is 3. The molecule has 1 N–H and O–H groups in total. The molecular formula is C23H20N2O4S. The highest BCUT2D eigenvalue weighted by molar-refractivity contribution is 8.01. The van der Waals surface area contributed by atoms with Gasteiger partial charge in [-0.05, 0) is 35.0 Å². The van der Waals surface area contributed by atoms with Crippen LogP contribution in [0.15, 0.2) is 66.7 Å². The molecule has 0 radical (unpaired) electrons. The van der Waals surface area contributed by atoms with Crippen molar-refractivity contribution in [1.29, 1.82) is 0 Å². The summed E-state index contributed by atoms with van der Waals surface area (Å²) in [4.78, 5) is 38.7. The minimum atomic E-state index is -0.578. The van der Waals surface area contributed by atoms with Crippen LogP contribution in [0.2, 0.25) is 0 Å². The minimum Gasteiger partial charge on any atom is -0.497 e. The van der Waals surface area contributed by atoms with Crippen LogP contribution in [0, 0.1) is 0 Å². The Labute approximate surface area is 178 Å². The summed E-state index contributed by atoms with van der Waals surface area (Å²) in [5, 5.41) is 4.41. The smallest absolute Gasteiger partial charge is 0.247 e. The highest BCUT2D eigenvalue weighted by Crippen LogP contribution is 2.31. The Bertz CT molecular complexity index is 1130. The molecule has 1 atom stereocenters. The van der Waals surface area contributed by atoms with Crippen molar-refractivity contribution in [2.24, 2.45) is 0 Å². The molecule has 30 heavy (non-hydrogen) atoms. The molecule has 6 nitrogen and oxygen atoms in total. The first-order valence-electron chi connectivity index (χ1n) is 9.46. The fourth-order valence-corrected chi connectivity index (χ4v) is 4.33. The van der Waals surface area contributed by atoms with Crippen LogP contribution in [-0.4, -0.2) is 35.8 Å². The second kappa shape index (κ2) is 8.59. The van der Waals surface area contributed by atoms with Crippen molar-refractivity contribution in [3.8, 4) is 5.75 Å². The van der Waals surface area contributed by atoms with Crippen LogP contribution >= 0.6 is 11.8 Å². The average Bonchev–Trinajstić information content (AvgIpc) is 3.05. The molecule has 0 bridgehead atoms. The number of nitrogens with zero attached hydrogens (tertiary/aromatic N) is 1. The molecule has 1 aliphatic heterocycles. The van der Waals surface area contributed by atoms with E-state index in [4.69, 9.17) is 4.74 Å². The van der Waals surface area contributed by atoms with E-state index in [0.29, 0.717) is 17.1 Å². The van der Waals surface area contributed by atoms with Crippen molar-refractivity contribution >= 4 is 51.6 Å². The number of amides is 3. The Morgan fingerprint density at radius 3 is 2.67 bits per heavy atom. The first-order chi connectivity index (χ1) is 14.5. The van der Waals surface area contributed by atoms with E-state index < -0.39 is 5.25 Å². The third-order valence-electron chi connectivity index (χ3n) is 4.87. The molecule has 7 heteroatoms. The number of fused-ring (bicyclic) bond motifs is 1. The largest absolute Gasteiger partial charge is 0.497 e. The van der Waals surface area contributed by atoms with Gasteiger partial charge in [0.25, 0.3) is 0 Å². The Kier molecular flexibility index (Phi) is 5.72. The van der Waals surface area contributed by atoms with Gasteiger partial charge in [-0.2, -0.15) is 0 Å². The number of nitrogens with one attached hydrogen (secondary N) is 1. The summed E-state index contributed by atoms with van der Waals surface area (Å²) < 4.78 is 5.17. The van der Waals surface area contributed by atoms with Gasteiger partial charge in [0.15, 0.2) is 0 Å². The molecule has 3 aromatic carbocycles. The molecule has 0 unspecified atom stereocenters. The first-order valence-corrected chi connectivity index (χ1v) is 10.5. The molecule has 1 aliphatic rings. The number of rotatable bonds is 6. The maximum absolute atomic E-state index is 12.7. The van der Waals surface area contributed by atoms with E-state index in [-0.39, 0.29) is 29.9 Å². The van der Waals surface area contributed by atoms with E-state index in [2.05, 4.69) is 5.32 Å². The summed E-state index contributed by atoms with van der Waals surface area (Å²) in [6.45, 7) is 0. The lowest BCUT2D eigenvalue weighted by atomic mass is 10.1. The quantitative estimate of drug-likeness (QED) is 0.613. The van der Waals surface area contributed by atoms with Crippen LogP contribution < -0.4 is 15.0 Å². The zero-order valence-electron chi connectivity index (χ0n) is 16.3. The number of carbonyl (C=O) groups is 3. The predicted molar refractivity (Wildman–Crippen MR) is 119 cm³/mol. The Morgan fingerprint density at radius 2 is 1.87 bits per heavy atom. The van der Waals surface area contributed by atoms with E-state index >= 15 is 0 Å². The van der Waals surface area contributed by atoms with Crippen molar-refractivity contribution in [2.75, 3.05) is 23.1 Å². The maximum atomic E-state index is 12.7. The molecule has 0 aliphatic carbocycles. The van der Waals surface area contributed by atoms with Crippen molar-refractivity contribution in [3.05, 3.63) is 66.7 Å². The van der Waals surface area contributed by atoms with Gasteiger partial charge in [0.1, 0.15) is 5.75 Å². The highest BCUT2D eigenvalue weighted by atomic mass is 32.2. The number of thioether (sulfide) groups is 1. The summed E-state index contributed by atoms with van der Waals surface area (Å²) in [5.74, 6) is -0.144. The summed E-state index contributed by atoms with van der Waals surface area (Å²) in [6.07, 6.45) is 0.0734. The lowest BCUT2D eigenvalue weighted by molar-refractivity contribution is -0.121. The predicted octanol–water partition coefficient (Wildman–Crippen LogP) is 3.85. The summed E-state index contributed by atoms with van der Waals surface area (Å²) in [6, 6.07) is 20.4. The molecule has 0 aromatic heterocycles. The number of imide groups is 1. The standard InChI is InChI=1S/C23H20N2O4S/c1-29-19-8-4-7-18(12-19)25-22(27)13-20(23(25)28)30-14-21(26)24-17-10-9-15-5-2-3-6-16(15)11-17/h2-12,20H,13-14H2,1H3,(H,24,26)/t20-/m1/s1. The molecule has 1 fully saturated rings. The van der Waals surface area contributed by atoms with Crippen LogP contribution in [0.25, 0.3) is 10.8 Å². The molecule has 1 saturated heterocycles. The molecular weight excluding hydrogens is 400 g/mol. The average molecular weight is 420 g/mol. The van der Waals surface area contributed by atoms with E-state index in [1.807, 2.05) is 42.5 Å². The molecule has 1 heterocycles. The number of anilines is 2. The van der Waals surface area contributed by atoms with E-state index in [1.54, 1.807) is 24.3 Å². The fourth-order valence-electron chi connectivity index (χ4n) is 3.40. The van der Waals surface area contributed by atoms with Gasteiger partial charge < -0.3 is 10.1 Å². The van der Waals surface area contributed by atoms with Crippen molar-refractivity contribution in [2.45, 2.75) is 11.7 Å². The van der Waals surface area contributed by atoms with Crippen LogP contribution in [-0.2, 0) is 14.4 Å². The van der Waals surface area contributed by atoms with Gasteiger partial charge in [-0.3, -0.25) is 14.4 Å². The van der Waals surface area contributed by atoms with Gasteiger partial charge in [0.05, 0.1) is 23.8 Å². The lowest BCUT2D eigenvalue weighted by Crippen LogP contribution is -2.31. The van der Waals surface area contributed by atoms with Gasteiger partial charge in [-0.1, -0.05) is 36.4 Å².